The van der Waals surface area contributed by atoms with E-state index in [4.69, 9.17) is 12.2 Å². The first kappa shape index (κ1) is 28.0. The molecule has 13 heteroatoms. The molecule has 7 nitrogen and oxygen atoms in total. The van der Waals surface area contributed by atoms with E-state index in [2.05, 4.69) is 5.32 Å². The van der Waals surface area contributed by atoms with Crippen LogP contribution in [0.3, 0.4) is 0 Å². The summed E-state index contributed by atoms with van der Waals surface area (Å²) in [5.41, 5.74) is -0.991. The number of carboxylic acids is 1. The van der Waals surface area contributed by atoms with Crippen molar-refractivity contribution in [2.24, 2.45) is 0 Å². The standard InChI is InChI=1S/C28H21F5N4O3S/c29-17-3-7-19(8-4-17)37-15-21(26(39)40)25(38)20-13-22(30)24(14-23(20)37)35-9-11-36(12-10-35)27(41)34-18-5-1-16(2-6-18)28(31,32)33/h1-8,13-15H,9-12H2,(H,34,41)(H,39,40). The van der Waals surface area contributed by atoms with Crippen LogP contribution in [0.15, 0.2) is 71.7 Å². The first-order chi connectivity index (χ1) is 19.4. The summed E-state index contributed by atoms with van der Waals surface area (Å²) in [6, 6.07) is 12.1. The number of nitrogens with one attached hydrogen (secondary N) is 1. The molecule has 0 unspecified atom stereocenters. The zero-order valence-corrected chi connectivity index (χ0v) is 21.9. The summed E-state index contributed by atoms with van der Waals surface area (Å²) in [5, 5.41) is 12.6. The Labute approximate surface area is 235 Å². The Kier molecular flexibility index (Phi) is 7.39. The van der Waals surface area contributed by atoms with Crippen LogP contribution in [0.4, 0.5) is 33.3 Å². The number of rotatable bonds is 4. The summed E-state index contributed by atoms with van der Waals surface area (Å²) in [5.74, 6) is -2.70. The highest BCUT2D eigenvalue weighted by molar-refractivity contribution is 7.80. The molecule has 3 aromatic carbocycles. The maximum atomic E-state index is 15.3. The lowest BCUT2D eigenvalue weighted by molar-refractivity contribution is -0.137. The number of carbonyl (C=O) groups is 1. The molecule has 0 radical (unpaired) electrons. The molecular weight excluding hydrogens is 567 g/mol. The molecule has 212 valence electrons. The second-order valence-corrected chi connectivity index (χ2v) is 9.71. The predicted molar refractivity (Wildman–Crippen MR) is 148 cm³/mol. The molecule has 5 rings (SSSR count). The number of aromatic nitrogens is 1. The summed E-state index contributed by atoms with van der Waals surface area (Å²) in [7, 11) is 0. The molecule has 1 aliphatic heterocycles. The number of pyridine rings is 1. The normalized spacial score (nSPS) is 13.9. The fraction of sp³-hybridized carbons (Fsp3) is 0.179. The molecule has 4 aromatic rings. The van der Waals surface area contributed by atoms with Crippen molar-refractivity contribution >= 4 is 45.6 Å². The average Bonchev–Trinajstić information content (AvgIpc) is 2.93. The van der Waals surface area contributed by atoms with Crippen LogP contribution in [0.1, 0.15) is 15.9 Å². The van der Waals surface area contributed by atoms with E-state index in [-0.39, 0.29) is 16.6 Å². The van der Waals surface area contributed by atoms with Crippen LogP contribution in [-0.2, 0) is 6.18 Å². The number of fused-ring (bicyclic) bond motifs is 1. The first-order valence-corrected chi connectivity index (χ1v) is 12.7. The van der Waals surface area contributed by atoms with Gasteiger partial charge in [-0.3, -0.25) is 4.79 Å². The fourth-order valence-corrected chi connectivity index (χ4v) is 4.94. The van der Waals surface area contributed by atoms with Crippen molar-refractivity contribution in [1.82, 2.24) is 9.47 Å². The zero-order chi connectivity index (χ0) is 29.5. The van der Waals surface area contributed by atoms with Crippen molar-refractivity contribution in [3.63, 3.8) is 0 Å². The third-order valence-electron chi connectivity index (χ3n) is 6.78. The number of piperazine rings is 1. The van der Waals surface area contributed by atoms with Crippen molar-refractivity contribution in [3.05, 3.63) is 99.8 Å². The number of hydrogen-bond acceptors (Lipinski definition) is 4. The molecule has 0 amide bonds. The van der Waals surface area contributed by atoms with Crippen molar-refractivity contribution in [2.75, 3.05) is 36.4 Å². The highest BCUT2D eigenvalue weighted by Gasteiger charge is 2.30. The van der Waals surface area contributed by atoms with E-state index in [1.807, 2.05) is 0 Å². The summed E-state index contributed by atoms with van der Waals surface area (Å²) < 4.78 is 68.7. The fourth-order valence-electron chi connectivity index (χ4n) is 4.64. The van der Waals surface area contributed by atoms with Gasteiger partial charge in [0.1, 0.15) is 17.2 Å². The second kappa shape index (κ2) is 10.8. The van der Waals surface area contributed by atoms with E-state index >= 15 is 4.39 Å². The van der Waals surface area contributed by atoms with Crippen molar-refractivity contribution < 1.29 is 31.9 Å². The molecule has 41 heavy (non-hydrogen) atoms. The summed E-state index contributed by atoms with van der Waals surface area (Å²) in [4.78, 5) is 28.1. The van der Waals surface area contributed by atoms with Gasteiger partial charge in [-0.15, -0.1) is 0 Å². The van der Waals surface area contributed by atoms with Gasteiger partial charge in [0.2, 0.25) is 5.43 Å². The minimum Gasteiger partial charge on any atom is -0.477 e. The Morgan fingerprint density at radius 2 is 1.56 bits per heavy atom. The van der Waals surface area contributed by atoms with Crippen molar-refractivity contribution in [1.29, 1.82) is 0 Å². The maximum absolute atomic E-state index is 15.3. The lowest BCUT2D eigenvalue weighted by Gasteiger charge is -2.37. The van der Waals surface area contributed by atoms with Crippen LogP contribution in [0, 0.1) is 11.6 Å². The maximum Gasteiger partial charge on any atom is 0.416 e. The van der Waals surface area contributed by atoms with Gasteiger partial charge in [-0.2, -0.15) is 13.2 Å². The van der Waals surface area contributed by atoms with E-state index in [0.717, 1.165) is 24.4 Å². The Bertz CT molecular complexity index is 1700. The number of carboxylic acid groups (broad SMARTS) is 1. The van der Waals surface area contributed by atoms with Crippen LogP contribution in [0.2, 0.25) is 0 Å². The molecule has 0 atom stereocenters. The lowest BCUT2D eigenvalue weighted by atomic mass is 10.1. The Morgan fingerprint density at radius 1 is 0.927 bits per heavy atom. The largest absolute Gasteiger partial charge is 0.477 e. The number of hydrogen-bond donors (Lipinski definition) is 2. The van der Waals surface area contributed by atoms with Gasteiger partial charge >= 0.3 is 12.1 Å². The second-order valence-electron chi connectivity index (χ2n) is 9.32. The van der Waals surface area contributed by atoms with E-state index in [1.165, 1.54) is 47.0 Å². The van der Waals surface area contributed by atoms with Crippen LogP contribution < -0.4 is 15.6 Å². The molecule has 2 heterocycles. The van der Waals surface area contributed by atoms with Crippen LogP contribution in [0.5, 0.6) is 0 Å². The first-order valence-electron chi connectivity index (χ1n) is 12.3. The molecule has 0 spiro atoms. The number of anilines is 2. The number of benzene rings is 3. The topological polar surface area (TPSA) is 77.8 Å². The van der Waals surface area contributed by atoms with Gasteiger partial charge in [0.05, 0.1) is 16.8 Å². The predicted octanol–water partition coefficient (Wildman–Crippen LogP) is 5.50. The smallest absolute Gasteiger partial charge is 0.416 e. The van der Waals surface area contributed by atoms with Gasteiger partial charge in [0.25, 0.3) is 0 Å². The van der Waals surface area contributed by atoms with Crippen molar-refractivity contribution in [3.8, 4) is 5.69 Å². The highest BCUT2D eigenvalue weighted by Crippen LogP contribution is 2.30. The summed E-state index contributed by atoms with van der Waals surface area (Å²) in [6.07, 6.45) is -3.31. The molecule has 0 aliphatic carbocycles. The summed E-state index contributed by atoms with van der Waals surface area (Å²) in [6.45, 7) is 1.38. The zero-order valence-electron chi connectivity index (χ0n) is 21.1. The van der Waals surface area contributed by atoms with Crippen LogP contribution >= 0.6 is 12.2 Å². The van der Waals surface area contributed by atoms with Gasteiger partial charge in [-0.05, 0) is 72.9 Å². The van der Waals surface area contributed by atoms with Gasteiger partial charge in [-0.1, -0.05) is 0 Å². The van der Waals surface area contributed by atoms with Gasteiger partial charge in [0, 0.05) is 49.1 Å². The van der Waals surface area contributed by atoms with Crippen LogP contribution in [-0.4, -0.2) is 51.8 Å². The van der Waals surface area contributed by atoms with E-state index in [9.17, 15) is 32.3 Å². The van der Waals surface area contributed by atoms with E-state index in [1.54, 1.807) is 9.80 Å². The third-order valence-corrected chi connectivity index (χ3v) is 7.14. The number of alkyl halides is 3. The summed E-state index contributed by atoms with van der Waals surface area (Å²) >= 11 is 5.42. The number of nitrogens with zero attached hydrogens (tertiary/aromatic N) is 3. The molecule has 1 fully saturated rings. The van der Waals surface area contributed by atoms with Gasteiger partial charge in [0.15, 0.2) is 5.11 Å². The number of thiocarbonyl (C=S) groups is 1. The van der Waals surface area contributed by atoms with Crippen LogP contribution in [0.25, 0.3) is 16.6 Å². The minimum absolute atomic E-state index is 0.143. The van der Waals surface area contributed by atoms with E-state index < -0.39 is 40.3 Å². The molecule has 1 saturated heterocycles. The van der Waals surface area contributed by atoms with Gasteiger partial charge in [-0.25, -0.2) is 13.6 Å². The lowest BCUT2D eigenvalue weighted by Crippen LogP contribution is -2.50. The third kappa shape index (κ3) is 5.71. The average molecular weight is 589 g/mol. The quantitative estimate of drug-likeness (QED) is 0.241. The SMILES string of the molecule is O=C(O)c1cn(-c2ccc(F)cc2)c2cc(N3CCN(C(=S)Nc4ccc(C(F)(F)F)cc4)CC3)c(F)cc2c1=O. The highest BCUT2D eigenvalue weighted by atomic mass is 32.1. The van der Waals surface area contributed by atoms with Crippen molar-refractivity contribution in [2.45, 2.75) is 6.18 Å². The molecule has 1 aliphatic rings. The Balaban J connectivity index is 1.39. The minimum atomic E-state index is -4.44. The molecule has 0 saturated carbocycles. The number of aromatic carboxylic acids is 1. The molecule has 2 N–H and O–H groups in total. The number of halogens is 5. The Morgan fingerprint density at radius 3 is 2.15 bits per heavy atom. The Hall–Kier alpha value is -4.52. The van der Waals surface area contributed by atoms with Gasteiger partial charge < -0.3 is 24.8 Å². The monoisotopic (exact) mass is 588 g/mol. The molecule has 1 aromatic heterocycles. The molecule has 0 bridgehead atoms. The van der Waals surface area contributed by atoms with E-state index in [0.29, 0.717) is 42.7 Å². The molecular formula is C28H21F5N4O3S.